The standard InChI is InChI=1S/C17H14ClNO3/c1-2-21-14-6-4-13(5-7-14)16(20)11-22-17-8-3-12(10-19)9-15(17)18/h3-9H,2,11H2,1H3. The van der Waals surface area contributed by atoms with E-state index >= 15 is 0 Å². The highest BCUT2D eigenvalue weighted by molar-refractivity contribution is 6.32. The number of carbonyl (C=O) groups excluding carboxylic acids is 1. The molecule has 112 valence electrons. The number of carbonyl (C=O) groups is 1. The second-order valence-electron chi connectivity index (χ2n) is 4.43. The van der Waals surface area contributed by atoms with Gasteiger partial charge in [0.25, 0.3) is 0 Å². The SMILES string of the molecule is CCOc1ccc(C(=O)COc2ccc(C#N)cc2Cl)cc1. The average Bonchev–Trinajstić information content (AvgIpc) is 2.54. The molecule has 0 bridgehead atoms. The highest BCUT2D eigenvalue weighted by atomic mass is 35.5. The molecule has 0 spiro atoms. The lowest BCUT2D eigenvalue weighted by Gasteiger charge is -2.08. The second kappa shape index (κ2) is 7.48. The first kappa shape index (κ1) is 15.9. The van der Waals surface area contributed by atoms with Crippen LogP contribution in [-0.2, 0) is 0 Å². The molecular formula is C17H14ClNO3. The van der Waals surface area contributed by atoms with Crippen LogP contribution in [0.5, 0.6) is 11.5 Å². The summed E-state index contributed by atoms with van der Waals surface area (Å²) in [6.07, 6.45) is 0. The van der Waals surface area contributed by atoms with Crippen molar-refractivity contribution < 1.29 is 14.3 Å². The molecule has 0 aliphatic heterocycles. The van der Waals surface area contributed by atoms with E-state index < -0.39 is 0 Å². The number of benzene rings is 2. The Kier molecular flexibility index (Phi) is 5.40. The van der Waals surface area contributed by atoms with E-state index in [1.807, 2.05) is 13.0 Å². The van der Waals surface area contributed by atoms with Crippen LogP contribution >= 0.6 is 11.6 Å². The van der Waals surface area contributed by atoms with Crippen molar-refractivity contribution in [1.29, 1.82) is 5.26 Å². The molecule has 0 saturated heterocycles. The van der Waals surface area contributed by atoms with Crippen LogP contribution in [0.25, 0.3) is 0 Å². The first-order valence-corrected chi connectivity index (χ1v) is 7.10. The monoisotopic (exact) mass is 315 g/mol. The maximum atomic E-state index is 12.1. The maximum Gasteiger partial charge on any atom is 0.200 e. The number of ether oxygens (including phenoxy) is 2. The summed E-state index contributed by atoms with van der Waals surface area (Å²) in [4.78, 5) is 12.1. The van der Waals surface area contributed by atoms with Gasteiger partial charge < -0.3 is 9.47 Å². The number of hydrogen-bond donors (Lipinski definition) is 0. The number of halogens is 1. The number of nitriles is 1. The summed E-state index contributed by atoms with van der Waals surface area (Å²) in [5.74, 6) is 0.929. The molecule has 0 atom stereocenters. The lowest BCUT2D eigenvalue weighted by molar-refractivity contribution is 0.0921. The first-order valence-electron chi connectivity index (χ1n) is 6.72. The minimum absolute atomic E-state index is 0.125. The van der Waals surface area contributed by atoms with E-state index in [1.165, 1.54) is 6.07 Å². The molecule has 5 heteroatoms. The zero-order valence-corrected chi connectivity index (χ0v) is 12.8. The van der Waals surface area contributed by atoms with Gasteiger partial charge in [-0.25, -0.2) is 0 Å². The Balaban J connectivity index is 1.99. The van der Waals surface area contributed by atoms with Crippen LogP contribution in [-0.4, -0.2) is 19.0 Å². The summed E-state index contributed by atoms with van der Waals surface area (Å²) in [5.41, 5.74) is 0.975. The van der Waals surface area contributed by atoms with Crippen molar-refractivity contribution in [2.45, 2.75) is 6.92 Å². The van der Waals surface area contributed by atoms with Gasteiger partial charge in [0.2, 0.25) is 0 Å². The fourth-order valence-corrected chi connectivity index (χ4v) is 2.05. The molecule has 0 heterocycles. The Morgan fingerprint density at radius 2 is 1.91 bits per heavy atom. The highest BCUT2D eigenvalue weighted by Gasteiger charge is 2.09. The van der Waals surface area contributed by atoms with Crippen LogP contribution in [0.15, 0.2) is 42.5 Å². The van der Waals surface area contributed by atoms with Crippen LogP contribution < -0.4 is 9.47 Å². The summed E-state index contributed by atoms with van der Waals surface area (Å²) < 4.78 is 10.7. The minimum Gasteiger partial charge on any atom is -0.494 e. The van der Waals surface area contributed by atoms with E-state index in [2.05, 4.69) is 0 Å². The molecule has 2 aromatic rings. The molecule has 0 unspecified atom stereocenters. The van der Waals surface area contributed by atoms with E-state index in [-0.39, 0.29) is 12.4 Å². The highest BCUT2D eigenvalue weighted by Crippen LogP contribution is 2.25. The smallest absolute Gasteiger partial charge is 0.200 e. The Bertz CT molecular complexity index is 705. The van der Waals surface area contributed by atoms with Gasteiger partial charge in [-0.3, -0.25) is 4.79 Å². The number of hydrogen-bond acceptors (Lipinski definition) is 4. The average molecular weight is 316 g/mol. The van der Waals surface area contributed by atoms with Gasteiger partial charge in [-0.05, 0) is 49.4 Å². The van der Waals surface area contributed by atoms with Crippen molar-refractivity contribution in [3.63, 3.8) is 0 Å². The fraction of sp³-hybridized carbons (Fsp3) is 0.176. The Morgan fingerprint density at radius 1 is 1.18 bits per heavy atom. The van der Waals surface area contributed by atoms with Crippen molar-refractivity contribution in [3.05, 3.63) is 58.6 Å². The quantitative estimate of drug-likeness (QED) is 0.759. The van der Waals surface area contributed by atoms with Crippen molar-refractivity contribution in [3.8, 4) is 17.6 Å². The van der Waals surface area contributed by atoms with E-state index in [4.69, 9.17) is 26.3 Å². The number of nitrogens with zero attached hydrogens (tertiary/aromatic N) is 1. The van der Waals surface area contributed by atoms with Crippen molar-refractivity contribution in [2.24, 2.45) is 0 Å². The third-order valence-corrected chi connectivity index (χ3v) is 3.20. The minimum atomic E-state index is -0.163. The summed E-state index contributed by atoms with van der Waals surface area (Å²) in [5, 5.41) is 9.07. The van der Waals surface area contributed by atoms with Gasteiger partial charge >= 0.3 is 0 Å². The van der Waals surface area contributed by atoms with Gasteiger partial charge in [0.05, 0.1) is 23.3 Å². The largest absolute Gasteiger partial charge is 0.494 e. The normalized spacial score (nSPS) is 9.86. The summed E-state index contributed by atoms with van der Waals surface area (Å²) >= 11 is 5.99. The summed E-state index contributed by atoms with van der Waals surface area (Å²) in [6.45, 7) is 2.35. The molecule has 0 amide bonds. The predicted molar refractivity (Wildman–Crippen MR) is 83.6 cm³/mol. The van der Waals surface area contributed by atoms with E-state index in [1.54, 1.807) is 36.4 Å². The van der Waals surface area contributed by atoms with Crippen molar-refractivity contribution in [1.82, 2.24) is 0 Å². The summed E-state index contributed by atoms with van der Waals surface area (Å²) in [7, 11) is 0. The zero-order valence-electron chi connectivity index (χ0n) is 12.0. The lowest BCUT2D eigenvalue weighted by atomic mass is 10.1. The Hall–Kier alpha value is -2.51. The first-order chi connectivity index (χ1) is 10.6. The van der Waals surface area contributed by atoms with Crippen LogP contribution in [0, 0.1) is 11.3 Å². The van der Waals surface area contributed by atoms with Crippen molar-refractivity contribution >= 4 is 17.4 Å². The van der Waals surface area contributed by atoms with Gasteiger partial charge in [-0.15, -0.1) is 0 Å². The molecule has 0 N–H and O–H groups in total. The molecular weight excluding hydrogens is 302 g/mol. The molecule has 22 heavy (non-hydrogen) atoms. The van der Waals surface area contributed by atoms with E-state index in [0.29, 0.717) is 28.5 Å². The van der Waals surface area contributed by atoms with Crippen LogP contribution in [0.2, 0.25) is 5.02 Å². The maximum absolute atomic E-state index is 12.1. The molecule has 0 fully saturated rings. The molecule has 2 aromatic carbocycles. The van der Waals surface area contributed by atoms with Gasteiger partial charge in [0, 0.05) is 5.56 Å². The molecule has 4 nitrogen and oxygen atoms in total. The van der Waals surface area contributed by atoms with Crippen LogP contribution in [0.3, 0.4) is 0 Å². The lowest BCUT2D eigenvalue weighted by Crippen LogP contribution is -2.11. The fourth-order valence-electron chi connectivity index (χ4n) is 1.82. The Labute approximate surface area is 133 Å². The van der Waals surface area contributed by atoms with Gasteiger partial charge in [-0.2, -0.15) is 5.26 Å². The van der Waals surface area contributed by atoms with Crippen LogP contribution in [0.1, 0.15) is 22.8 Å². The molecule has 0 aliphatic rings. The van der Waals surface area contributed by atoms with Gasteiger partial charge in [-0.1, -0.05) is 11.6 Å². The molecule has 0 radical (unpaired) electrons. The molecule has 0 aromatic heterocycles. The zero-order chi connectivity index (χ0) is 15.9. The topological polar surface area (TPSA) is 59.3 Å². The predicted octanol–water partition coefficient (Wildman–Crippen LogP) is 3.87. The number of rotatable bonds is 6. The molecule has 0 saturated carbocycles. The third-order valence-electron chi connectivity index (χ3n) is 2.91. The van der Waals surface area contributed by atoms with E-state index in [0.717, 1.165) is 5.75 Å². The van der Waals surface area contributed by atoms with Gasteiger partial charge in [0.15, 0.2) is 12.4 Å². The van der Waals surface area contributed by atoms with Gasteiger partial charge in [0.1, 0.15) is 11.5 Å². The molecule has 0 aliphatic carbocycles. The summed E-state index contributed by atoms with van der Waals surface area (Å²) in [6, 6.07) is 13.5. The third kappa shape index (κ3) is 4.00. The number of Topliss-reactive ketones (excluding diaryl/α,β-unsaturated/α-hetero) is 1. The van der Waals surface area contributed by atoms with Crippen LogP contribution in [0.4, 0.5) is 0 Å². The molecule has 2 rings (SSSR count). The van der Waals surface area contributed by atoms with Crippen molar-refractivity contribution in [2.75, 3.05) is 13.2 Å². The second-order valence-corrected chi connectivity index (χ2v) is 4.83. The van der Waals surface area contributed by atoms with E-state index in [9.17, 15) is 4.79 Å². The number of ketones is 1. The Morgan fingerprint density at radius 3 is 2.50 bits per heavy atom.